The standard InChI is InChI=1S/C7H7BrN2O/c1-4-2-5(7(9)11)3-6(8)10-4/h2-3H,1H3,(H2,9,11). The second-order valence-electron chi connectivity index (χ2n) is 2.18. The molecule has 1 aromatic rings. The summed E-state index contributed by atoms with van der Waals surface area (Å²) in [6.45, 7) is 1.80. The van der Waals surface area contributed by atoms with Crippen molar-refractivity contribution in [2.24, 2.45) is 5.73 Å². The van der Waals surface area contributed by atoms with Gasteiger partial charge in [-0.1, -0.05) is 0 Å². The Labute approximate surface area is 72.7 Å². The highest BCUT2D eigenvalue weighted by Gasteiger charge is 2.01. The molecule has 1 aromatic heterocycles. The number of primary amides is 1. The molecule has 0 aliphatic rings. The SMILES string of the molecule is Cc1cc(C(N)=O)cc(Br)n1. The minimum absolute atomic E-state index is 0.434. The molecule has 1 heterocycles. The minimum Gasteiger partial charge on any atom is -0.366 e. The fourth-order valence-corrected chi connectivity index (χ4v) is 1.30. The first-order valence-corrected chi connectivity index (χ1v) is 3.83. The van der Waals surface area contributed by atoms with Gasteiger partial charge >= 0.3 is 0 Å². The zero-order chi connectivity index (χ0) is 8.43. The molecular weight excluding hydrogens is 208 g/mol. The van der Waals surface area contributed by atoms with E-state index in [2.05, 4.69) is 20.9 Å². The van der Waals surface area contributed by atoms with E-state index in [1.54, 1.807) is 19.1 Å². The summed E-state index contributed by atoms with van der Waals surface area (Å²) in [6, 6.07) is 3.24. The summed E-state index contributed by atoms with van der Waals surface area (Å²) in [7, 11) is 0. The fourth-order valence-electron chi connectivity index (χ4n) is 0.770. The number of hydrogen-bond acceptors (Lipinski definition) is 2. The molecule has 1 rings (SSSR count). The third-order valence-electron chi connectivity index (χ3n) is 1.21. The molecule has 0 spiro atoms. The van der Waals surface area contributed by atoms with Gasteiger partial charge in [-0.2, -0.15) is 0 Å². The highest BCUT2D eigenvalue weighted by Crippen LogP contribution is 2.10. The zero-order valence-corrected chi connectivity index (χ0v) is 7.55. The molecule has 0 saturated heterocycles. The van der Waals surface area contributed by atoms with Crippen molar-refractivity contribution in [1.29, 1.82) is 0 Å². The smallest absolute Gasteiger partial charge is 0.248 e. The second-order valence-corrected chi connectivity index (χ2v) is 3.00. The first kappa shape index (κ1) is 8.20. The van der Waals surface area contributed by atoms with Crippen molar-refractivity contribution in [3.05, 3.63) is 28.0 Å². The molecule has 58 valence electrons. The maximum atomic E-state index is 10.7. The third-order valence-corrected chi connectivity index (χ3v) is 1.61. The summed E-state index contributed by atoms with van der Waals surface area (Å²) in [4.78, 5) is 14.7. The number of nitrogens with two attached hydrogens (primary N) is 1. The Kier molecular flexibility index (Phi) is 2.24. The van der Waals surface area contributed by atoms with Crippen LogP contribution in [0.5, 0.6) is 0 Å². The lowest BCUT2D eigenvalue weighted by molar-refractivity contribution is 0.1000. The normalized spacial score (nSPS) is 9.64. The van der Waals surface area contributed by atoms with Gasteiger partial charge in [0, 0.05) is 11.3 Å². The number of halogens is 1. The van der Waals surface area contributed by atoms with Crippen molar-refractivity contribution < 1.29 is 4.79 Å². The van der Waals surface area contributed by atoms with Crippen LogP contribution in [0, 0.1) is 6.92 Å². The van der Waals surface area contributed by atoms with E-state index in [0.717, 1.165) is 5.69 Å². The van der Waals surface area contributed by atoms with Gasteiger partial charge in [-0.25, -0.2) is 4.98 Å². The van der Waals surface area contributed by atoms with Crippen LogP contribution in [0.15, 0.2) is 16.7 Å². The van der Waals surface area contributed by atoms with E-state index in [0.29, 0.717) is 10.2 Å². The van der Waals surface area contributed by atoms with Gasteiger partial charge in [0.15, 0.2) is 0 Å². The van der Waals surface area contributed by atoms with Crippen molar-refractivity contribution >= 4 is 21.8 Å². The average molecular weight is 215 g/mol. The van der Waals surface area contributed by atoms with Crippen LogP contribution >= 0.6 is 15.9 Å². The van der Waals surface area contributed by atoms with Crippen LogP contribution in [0.2, 0.25) is 0 Å². The number of carbonyl (C=O) groups excluding carboxylic acids is 1. The number of hydrogen-bond donors (Lipinski definition) is 1. The van der Waals surface area contributed by atoms with E-state index in [9.17, 15) is 4.79 Å². The topological polar surface area (TPSA) is 56.0 Å². The quantitative estimate of drug-likeness (QED) is 0.716. The van der Waals surface area contributed by atoms with E-state index >= 15 is 0 Å². The summed E-state index contributed by atoms with van der Waals surface area (Å²) in [6.07, 6.45) is 0. The number of nitrogens with zero attached hydrogens (tertiary/aromatic N) is 1. The van der Waals surface area contributed by atoms with Crippen LogP contribution in [0.4, 0.5) is 0 Å². The predicted octanol–water partition coefficient (Wildman–Crippen LogP) is 1.25. The average Bonchev–Trinajstić information content (AvgIpc) is 1.85. The van der Waals surface area contributed by atoms with Crippen molar-refractivity contribution in [2.75, 3.05) is 0 Å². The molecule has 0 aliphatic carbocycles. The Hall–Kier alpha value is -0.900. The lowest BCUT2D eigenvalue weighted by Gasteiger charge is -1.97. The van der Waals surface area contributed by atoms with Crippen LogP contribution in [0.1, 0.15) is 16.1 Å². The van der Waals surface area contributed by atoms with Crippen LogP contribution in [0.3, 0.4) is 0 Å². The van der Waals surface area contributed by atoms with Crippen LogP contribution in [0.25, 0.3) is 0 Å². The van der Waals surface area contributed by atoms with E-state index in [4.69, 9.17) is 5.73 Å². The zero-order valence-electron chi connectivity index (χ0n) is 5.97. The second kappa shape index (κ2) is 3.00. The molecule has 2 N–H and O–H groups in total. The summed E-state index contributed by atoms with van der Waals surface area (Å²) in [5.74, 6) is -0.434. The first-order valence-electron chi connectivity index (χ1n) is 3.03. The molecule has 0 atom stereocenters. The Bertz CT molecular complexity index is 278. The van der Waals surface area contributed by atoms with Gasteiger partial charge in [-0.15, -0.1) is 0 Å². The predicted molar refractivity (Wildman–Crippen MR) is 45.2 cm³/mol. The Morgan fingerprint density at radius 1 is 1.64 bits per heavy atom. The Balaban J connectivity index is 3.19. The molecule has 0 fully saturated rings. The summed E-state index contributed by atoms with van der Waals surface area (Å²) in [5, 5.41) is 0. The summed E-state index contributed by atoms with van der Waals surface area (Å²) < 4.78 is 0.631. The Morgan fingerprint density at radius 3 is 2.73 bits per heavy atom. The maximum Gasteiger partial charge on any atom is 0.248 e. The van der Waals surface area contributed by atoms with Gasteiger partial charge in [0.1, 0.15) is 4.60 Å². The van der Waals surface area contributed by atoms with Gasteiger partial charge < -0.3 is 5.73 Å². The van der Waals surface area contributed by atoms with Gasteiger partial charge in [-0.05, 0) is 35.0 Å². The summed E-state index contributed by atoms with van der Waals surface area (Å²) in [5.41, 5.74) is 6.31. The van der Waals surface area contributed by atoms with Crippen molar-refractivity contribution in [3.63, 3.8) is 0 Å². The van der Waals surface area contributed by atoms with Crippen LogP contribution in [-0.4, -0.2) is 10.9 Å². The van der Waals surface area contributed by atoms with Crippen molar-refractivity contribution in [3.8, 4) is 0 Å². The molecule has 4 heteroatoms. The monoisotopic (exact) mass is 214 g/mol. The number of carbonyl (C=O) groups is 1. The molecule has 0 radical (unpaired) electrons. The molecule has 3 nitrogen and oxygen atoms in total. The fraction of sp³-hybridized carbons (Fsp3) is 0.143. The molecule has 11 heavy (non-hydrogen) atoms. The van der Waals surface area contributed by atoms with Gasteiger partial charge in [0.05, 0.1) is 0 Å². The molecule has 0 unspecified atom stereocenters. The molecular formula is C7H7BrN2O. The molecule has 0 saturated carbocycles. The van der Waals surface area contributed by atoms with Crippen molar-refractivity contribution in [2.45, 2.75) is 6.92 Å². The van der Waals surface area contributed by atoms with Gasteiger partial charge in [0.25, 0.3) is 0 Å². The molecule has 0 aliphatic heterocycles. The lowest BCUT2D eigenvalue weighted by Crippen LogP contribution is -2.11. The first-order chi connectivity index (χ1) is 5.09. The van der Waals surface area contributed by atoms with Crippen LogP contribution < -0.4 is 5.73 Å². The largest absolute Gasteiger partial charge is 0.366 e. The van der Waals surface area contributed by atoms with E-state index < -0.39 is 5.91 Å². The van der Waals surface area contributed by atoms with Gasteiger partial charge in [-0.3, -0.25) is 4.79 Å². The highest BCUT2D eigenvalue weighted by atomic mass is 79.9. The van der Waals surface area contributed by atoms with Crippen LogP contribution in [-0.2, 0) is 0 Å². The number of aryl methyl sites for hydroxylation is 1. The maximum absolute atomic E-state index is 10.7. The lowest BCUT2D eigenvalue weighted by atomic mass is 10.2. The molecule has 0 aromatic carbocycles. The van der Waals surface area contributed by atoms with E-state index in [-0.39, 0.29) is 0 Å². The Morgan fingerprint density at radius 2 is 2.27 bits per heavy atom. The van der Waals surface area contributed by atoms with Gasteiger partial charge in [0.2, 0.25) is 5.91 Å². The number of rotatable bonds is 1. The van der Waals surface area contributed by atoms with E-state index in [1.165, 1.54) is 0 Å². The third kappa shape index (κ3) is 2.01. The van der Waals surface area contributed by atoms with Crippen molar-refractivity contribution in [1.82, 2.24) is 4.98 Å². The molecule has 1 amide bonds. The number of amides is 1. The number of pyridine rings is 1. The number of aromatic nitrogens is 1. The van der Waals surface area contributed by atoms with E-state index in [1.807, 2.05) is 0 Å². The highest BCUT2D eigenvalue weighted by molar-refractivity contribution is 9.10. The minimum atomic E-state index is -0.434. The molecule has 0 bridgehead atoms. The summed E-state index contributed by atoms with van der Waals surface area (Å²) >= 11 is 3.16.